The number of ether oxygens (including phenoxy) is 1. The van der Waals surface area contributed by atoms with E-state index < -0.39 is 0 Å². The molecule has 0 unspecified atom stereocenters. The van der Waals surface area contributed by atoms with E-state index in [0.29, 0.717) is 6.54 Å². The first kappa shape index (κ1) is 23.1. The number of carbonyl (C=O) groups excluding carboxylic acids is 2. The zero-order valence-electron chi connectivity index (χ0n) is 19.0. The van der Waals surface area contributed by atoms with Gasteiger partial charge >= 0.3 is 6.03 Å². The van der Waals surface area contributed by atoms with Gasteiger partial charge < -0.3 is 20.7 Å². The van der Waals surface area contributed by atoms with Crippen molar-refractivity contribution in [2.75, 3.05) is 7.11 Å². The molecule has 3 amide bonds. The third kappa shape index (κ3) is 6.03. The van der Waals surface area contributed by atoms with E-state index in [9.17, 15) is 14.0 Å². The Morgan fingerprint density at radius 3 is 2.48 bits per heavy atom. The van der Waals surface area contributed by atoms with Crippen LogP contribution in [0.4, 0.5) is 9.18 Å². The molecule has 1 saturated carbocycles. The van der Waals surface area contributed by atoms with Gasteiger partial charge in [-0.25, -0.2) is 9.18 Å². The molecule has 0 radical (unpaired) electrons. The van der Waals surface area contributed by atoms with Crippen molar-refractivity contribution in [3.63, 3.8) is 0 Å². The predicted molar refractivity (Wildman–Crippen MR) is 124 cm³/mol. The lowest BCUT2D eigenvalue weighted by molar-refractivity contribution is -0.126. The Balaban J connectivity index is 1.21. The van der Waals surface area contributed by atoms with Crippen LogP contribution in [0.5, 0.6) is 5.75 Å². The van der Waals surface area contributed by atoms with Crippen LogP contribution in [0, 0.1) is 11.7 Å². The minimum Gasteiger partial charge on any atom is -0.497 e. The fraction of sp³-hybridized carbons (Fsp3) is 0.462. The summed E-state index contributed by atoms with van der Waals surface area (Å²) in [7, 11) is 1.62. The summed E-state index contributed by atoms with van der Waals surface area (Å²) in [5, 5.41) is 9.07. The van der Waals surface area contributed by atoms with Crippen molar-refractivity contribution in [1.82, 2.24) is 16.0 Å². The number of urea groups is 1. The molecule has 176 valence electrons. The molecule has 0 aromatic heterocycles. The molecular weight excluding hydrogens is 421 g/mol. The average Bonchev–Trinajstić information content (AvgIpc) is 2.84. The van der Waals surface area contributed by atoms with E-state index >= 15 is 0 Å². The van der Waals surface area contributed by atoms with Crippen molar-refractivity contribution in [1.29, 1.82) is 0 Å². The van der Waals surface area contributed by atoms with Crippen LogP contribution in [0.3, 0.4) is 0 Å². The highest BCUT2D eigenvalue weighted by atomic mass is 19.1. The standard InChI is InChI=1S/C26H32FN3O3/c1-33-22-13-5-17(6-14-22)16-28-26(32)29-21-11-8-19(9-12-21)25(31)30-24-4-2-3-18-7-10-20(27)15-23(18)24/h5-7,10,13-15,19,21,24H,2-4,8-9,11-12,16H2,1H3,(H,30,31)(H2,28,29,32)/t19?,21?,24-/m1/s1. The van der Waals surface area contributed by atoms with Crippen molar-refractivity contribution < 1.29 is 18.7 Å². The van der Waals surface area contributed by atoms with Crippen LogP contribution in [0.1, 0.15) is 61.3 Å². The van der Waals surface area contributed by atoms with Gasteiger partial charge in [-0.15, -0.1) is 0 Å². The lowest BCUT2D eigenvalue weighted by Gasteiger charge is -2.31. The summed E-state index contributed by atoms with van der Waals surface area (Å²) in [5.41, 5.74) is 3.04. The minimum absolute atomic E-state index is 0.0412. The Morgan fingerprint density at radius 2 is 1.76 bits per heavy atom. The Bertz CT molecular complexity index is 971. The molecule has 1 atom stereocenters. The van der Waals surface area contributed by atoms with Crippen LogP contribution < -0.4 is 20.7 Å². The predicted octanol–water partition coefficient (Wildman–Crippen LogP) is 4.39. The lowest BCUT2D eigenvalue weighted by Crippen LogP contribution is -2.45. The highest BCUT2D eigenvalue weighted by Gasteiger charge is 2.30. The van der Waals surface area contributed by atoms with Gasteiger partial charge in [0.05, 0.1) is 13.2 Å². The minimum atomic E-state index is -0.258. The number of methoxy groups -OCH3 is 1. The second kappa shape index (κ2) is 10.7. The van der Waals surface area contributed by atoms with E-state index in [1.165, 1.54) is 6.07 Å². The Labute approximate surface area is 194 Å². The molecular formula is C26H32FN3O3. The maximum atomic E-state index is 13.7. The molecule has 0 aliphatic heterocycles. The van der Waals surface area contributed by atoms with Crippen molar-refractivity contribution in [2.24, 2.45) is 5.92 Å². The highest BCUT2D eigenvalue weighted by Crippen LogP contribution is 2.32. The zero-order valence-corrected chi connectivity index (χ0v) is 19.0. The first-order valence-corrected chi connectivity index (χ1v) is 11.8. The molecule has 2 aliphatic rings. The van der Waals surface area contributed by atoms with E-state index in [-0.39, 0.29) is 35.8 Å². The lowest BCUT2D eigenvalue weighted by atomic mass is 9.84. The molecule has 2 aliphatic carbocycles. The summed E-state index contributed by atoms with van der Waals surface area (Å²) in [6.45, 7) is 0.442. The Morgan fingerprint density at radius 1 is 1.00 bits per heavy atom. The molecule has 4 rings (SSSR count). The van der Waals surface area contributed by atoms with Crippen LogP contribution in [0.15, 0.2) is 42.5 Å². The number of fused-ring (bicyclic) bond motifs is 1. The van der Waals surface area contributed by atoms with Crippen molar-refractivity contribution in [2.45, 2.75) is 63.6 Å². The van der Waals surface area contributed by atoms with Crippen LogP contribution in [-0.2, 0) is 17.8 Å². The first-order valence-electron chi connectivity index (χ1n) is 11.8. The Kier molecular flexibility index (Phi) is 7.47. The van der Waals surface area contributed by atoms with Gasteiger partial charge in [0.25, 0.3) is 0 Å². The van der Waals surface area contributed by atoms with Gasteiger partial charge in [0.1, 0.15) is 11.6 Å². The molecule has 3 N–H and O–H groups in total. The molecule has 6 nitrogen and oxygen atoms in total. The summed E-state index contributed by atoms with van der Waals surface area (Å²) in [6, 6.07) is 12.2. The van der Waals surface area contributed by atoms with E-state index in [1.807, 2.05) is 30.3 Å². The molecule has 33 heavy (non-hydrogen) atoms. The van der Waals surface area contributed by atoms with E-state index in [2.05, 4.69) is 16.0 Å². The van der Waals surface area contributed by atoms with Crippen molar-refractivity contribution in [3.05, 3.63) is 65.0 Å². The fourth-order valence-electron chi connectivity index (χ4n) is 4.87. The summed E-state index contributed by atoms with van der Waals surface area (Å²) in [5.74, 6) is 0.500. The number of halogens is 1. The van der Waals surface area contributed by atoms with E-state index in [0.717, 1.165) is 67.4 Å². The SMILES string of the molecule is COc1ccc(CNC(=O)NC2CCC(C(=O)N[C@@H]3CCCc4ccc(F)cc43)CC2)cc1. The van der Waals surface area contributed by atoms with Gasteiger partial charge in [-0.05, 0) is 85.9 Å². The van der Waals surface area contributed by atoms with Crippen LogP contribution >= 0.6 is 0 Å². The summed E-state index contributed by atoms with van der Waals surface area (Å²) >= 11 is 0. The average molecular weight is 454 g/mol. The van der Waals surface area contributed by atoms with Crippen LogP contribution in [0.25, 0.3) is 0 Å². The number of hydrogen-bond acceptors (Lipinski definition) is 3. The monoisotopic (exact) mass is 453 g/mol. The number of rotatable bonds is 6. The van der Waals surface area contributed by atoms with Crippen molar-refractivity contribution in [3.8, 4) is 5.75 Å². The van der Waals surface area contributed by atoms with E-state index in [1.54, 1.807) is 13.2 Å². The quantitative estimate of drug-likeness (QED) is 0.607. The molecule has 2 aromatic carbocycles. The van der Waals surface area contributed by atoms with Gasteiger partial charge in [-0.3, -0.25) is 4.79 Å². The highest BCUT2D eigenvalue weighted by molar-refractivity contribution is 5.79. The second-order valence-electron chi connectivity index (χ2n) is 9.02. The Hall–Kier alpha value is -3.09. The third-order valence-electron chi connectivity index (χ3n) is 6.78. The molecule has 2 aromatic rings. The zero-order chi connectivity index (χ0) is 23.2. The molecule has 0 heterocycles. The topological polar surface area (TPSA) is 79.5 Å². The number of hydrogen-bond donors (Lipinski definition) is 3. The molecule has 7 heteroatoms. The third-order valence-corrected chi connectivity index (χ3v) is 6.78. The van der Waals surface area contributed by atoms with Gasteiger partial charge in [0, 0.05) is 18.5 Å². The summed E-state index contributed by atoms with van der Waals surface area (Å²) in [6.07, 6.45) is 5.77. The fourth-order valence-corrected chi connectivity index (χ4v) is 4.87. The van der Waals surface area contributed by atoms with Gasteiger partial charge in [0.15, 0.2) is 0 Å². The first-order chi connectivity index (χ1) is 16.0. The number of amides is 3. The number of benzene rings is 2. The molecule has 0 spiro atoms. The molecule has 1 fully saturated rings. The van der Waals surface area contributed by atoms with Crippen LogP contribution in [0.2, 0.25) is 0 Å². The van der Waals surface area contributed by atoms with Gasteiger partial charge in [-0.2, -0.15) is 0 Å². The van der Waals surface area contributed by atoms with Gasteiger partial charge in [0.2, 0.25) is 5.91 Å². The second-order valence-corrected chi connectivity index (χ2v) is 9.02. The number of nitrogens with one attached hydrogen (secondary N) is 3. The maximum absolute atomic E-state index is 13.7. The maximum Gasteiger partial charge on any atom is 0.315 e. The number of carbonyl (C=O) groups is 2. The van der Waals surface area contributed by atoms with Crippen LogP contribution in [-0.4, -0.2) is 25.1 Å². The largest absolute Gasteiger partial charge is 0.497 e. The molecule has 0 saturated heterocycles. The van der Waals surface area contributed by atoms with E-state index in [4.69, 9.17) is 4.74 Å². The summed E-state index contributed by atoms with van der Waals surface area (Å²) < 4.78 is 18.9. The smallest absolute Gasteiger partial charge is 0.315 e. The normalized spacial score (nSPS) is 22.1. The molecule has 0 bridgehead atoms. The van der Waals surface area contributed by atoms with Gasteiger partial charge in [-0.1, -0.05) is 18.2 Å². The summed E-state index contributed by atoms with van der Waals surface area (Å²) in [4.78, 5) is 25.2. The number of aryl methyl sites for hydroxylation is 1. The van der Waals surface area contributed by atoms with Crippen molar-refractivity contribution >= 4 is 11.9 Å².